The van der Waals surface area contributed by atoms with Crippen LogP contribution < -0.4 is 39.6 Å². The summed E-state index contributed by atoms with van der Waals surface area (Å²) in [5.74, 6) is 0.0330. The van der Waals surface area contributed by atoms with Gasteiger partial charge in [0.25, 0.3) is 10.0 Å². The van der Waals surface area contributed by atoms with Gasteiger partial charge in [0, 0.05) is 18.8 Å². The summed E-state index contributed by atoms with van der Waals surface area (Å²) in [4.78, 5) is 14.9. The molecular formula is C13H13N3NaO3S+. The Bertz CT molecular complexity index is 703. The number of hydrogen-bond acceptors (Lipinski definition) is 4. The molecule has 0 spiro atoms. The van der Waals surface area contributed by atoms with E-state index in [0.29, 0.717) is 5.69 Å². The number of anilines is 2. The Morgan fingerprint density at radius 2 is 1.76 bits per heavy atom. The van der Waals surface area contributed by atoms with Crippen LogP contribution >= 0.6 is 0 Å². The van der Waals surface area contributed by atoms with Gasteiger partial charge in [0.1, 0.15) is 5.82 Å². The van der Waals surface area contributed by atoms with Crippen molar-refractivity contribution in [2.75, 3.05) is 10.0 Å². The molecule has 1 aromatic carbocycles. The summed E-state index contributed by atoms with van der Waals surface area (Å²) >= 11 is 0. The van der Waals surface area contributed by atoms with E-state index in [1.165, 1.54) is 37.4 Å². The third kappa shape index (κ3) is 5.13. The van der Waals surface area contributed by atoms with Crippen LogP contribution in [0.3, 0.4) is 0 Å². The van der Waals surface area contributed by atoms with Crippen molar-refractivity contribution in [2.45, 2.75) is 11.8 Å². The van der Waals surface area contributed by atoms with Gasteiger partial charge in [0.2, 0.25) is 5.91 Å². The molecule has 0 aliphatic carbocycles. The number of rotatable bonds is 4. The summed E-state index contributed by atoms with van der Waals surface area (Å²) in [5.41, 5.74) is 0.536. The second-order valence-corrected chi connectivity index (χ2v) is 5.71. The van der Waals surface area contributed by atoms with Crippen molar-refractivity contribution in [1.82, 2.24) is 4.98 Å². The van der Waals surface area contributed by atoms with Crippen LogP contribution in [0.15, 0.2) is 53.6 Å². The van der Waals surface area contributed by atoms with Gasteiger partial charge in [-0.2, -0.15) is 0 Å². The van der Waals surface area contributed by atoms with Crippen molar-refractivity contribution in [3.8, 4) is 0 Å². The van der Waals surface area contributed by atoms with Gasteiger partial charge >= 0.3 is 29.6 Å². The molecule has 2 rings (SSSR count). The Hall–Kier alpha value is -1.41. The SMILES string of the molecule is CC(=O)Nc1ccc(S(=O)(=O)Nc2ccccn2)cc1.[Na+]. The third-order valence-corrected chi connectivity index (χ3v) is 3.76. The van der Waals surface area contributed by atoms with Gasteiger partial charge in [-0.15, -0.1) is 0 Å². The summed E-state index contributed by atoms with van der Waals surface area (Å²) in [6.07, 6.45) is 1.50. The predicted molar refractivity (Wildman–Crippen MR) is 75.8 cm³/mol. The molecule has 2 aromatic rings. The number of nitrogens with one attached hydrogen (secondary N) is 2. The molecule has 104 valence electrons. The van der Waals surface area contributed by atoms with Crippen LogP contribution in [0.1, 0.15) is 6.92 Å². The van der Waals surface area contributed by atoms with Crippen LogP contribution in [0.25, 0.3) is 0 Å². The van der Waals surface area contributed by atoms with Crippen LogP contribution in [0, 0.1) is 0 Å². The van der Waals surface area contributed by atoms with Crippen LogP contribution in [0.5, 0.6) is 0 Å². The molecule has 0 radical (unpaired) electrons. The zero-order chi connectivity index (χ0) is 14.6. The number of sulfonamides is 1. The Kier molecular flexibility index (Phi) is 6.35. The van der Waals surface area contributed by atoms with Crippen molar-refractivity contribution in [2.24, 2.45) is 0 Å². The molecule has 0 fully saturated rings. The molecular weight excluding hydrogens is 301 g/mol. The molecule has 1 heterocycles. The number of carbonyl (C=O) groups excluding carboxylic acids is 1. The number of aromatic nitrogens is 1. The van der Waals surface area contributed by atoms with Crippen molar-refractivity contribution in [3.63, 3.8) is 0 Å². The van der Waals surface area contributed by atoms with E-state index < -0.39 is 10.0 Å². The molecule has 0 aliphatic heterocycles. The first kappa shape index (κ1) is 17.6. The number of benzene rings is 1. The number of carbonyl (C=O) groups is 1. The van der Waals surface area contributed by atoms with Crippen molar-refractivity contribution >= 4 is 27.4 Å². The predicted octanol–water partition coefficient (Wildman–Crippen LogP) is -1.16. The summed E-state index contributed by atoms with van der Waals surface area (Å²) < 4.78 is 26.6. The monoisotopic (exact) mass is 314 g/mol. The summed E-state index contributed by atoms with van der Waals surface area (Å²) in [7, 11) is -3.68. The maximum absolute atomic E-state index is 12.1. The number of pyridine rings is 1. The molecule has 21 heavy (non-hydrogen) atoms. The fraction of sp³-hybridized carbons (Fsp3) is 0.0769. The Morgan fingerprint density at radius 3 is 2.29 bits per heavy atom. The molecule has 8 heteroatoms. The van der Waals surface area contributed by atoms with Gasteiger partial charge in [-0.1, -0.05) is 6.07 Å². The molecule has 0 unspecified atom stereocenters. The first-order valence-corrected chi connectivity index (χ1v) is 7.27. The quantitative estimate of drug-likeness (QED) is 0.697. The number of nitrogens with zero attached hydrogens (tertiary/aromatic N) is 1. The van der Waals surface area contributed by atoms with Crippen molar-refractivity contribution < 1.29 is 42.8 Å². The second kappa shape index (κ2) is 7.56. The minimum Gasteiger partial charge on any atom is -0.326 e. The molecule has 2 N–H and O–H groups in total. The Balaban J connectivity index is 0.00000220. The maximum atomic E-state index is 12.1. The zero-order valence-corrected chi connectivity index (χ0v) is 14.5. The summed E-state index contributed by atoms with van der Waals surface area (Å²) in [5, 5.41) is 2.57. The topological polar surface area (TPSA) is 88.2 Å². The standard InChI is InChI=1S/C13H13N3O3S.Na/c1-10(17)15-11-5-7-12(8-6-11)20(18,19)16-13-4-2-3-9-14-13;/h2-9H,1H3,(H,14,16)(H,15,17);/q;+1. The Morgan fingerprint density at radius 1 is 1.10 bits per heavy atom. The molecule has 0 aliphatic rings. The smallest absolute Gasteiger partial charge is 0.326 e. The van der Waals surface area contributed by atoms with Crippen molar-refractivity contribution in [3.05, 3.63) is 48.7 Å². The molecule has 0 saturated carbocycles. The van der Waals surface area contributed by atoms with Gasteiger partial charge in [-0.3, -0.25) is 9.52 Å². The molecule has 0 saturated heterocycles. The maximum Gasteiger partial charge on any atom is 1.00 e. The average Bonchev–Trinajstić information content (AvgIpc) is 2.39. The van der Waals surface area contributed by atoms with Gasteiger partial charge in [-0.05, 0) is 36.4 Å². The molecule has 6 nitrogen and oxygen atoms in total. The molecule has 0 atom stereocenters. The van der Waals surface area contributed by atoms with Crippen LogP contribution in [0.2, 0.25) is 0 Å². The van der Waals surface area contributed by atoms with Crippen LogP contribution in [0.4, 0.5) is 11.5 Å². The van der Waals surface area contributed by atoms with Gasteiger partial charge in [-0.25, -0.2) is 13.4 Å². The van der Waals surface area contributed by atoms with E-state index in [2.05, 4.69) is 15.0 Å². The van der Waals surface area contributed by atoms with E-state index in [1.54, 1.807) is 18.2 Å². The Labute approximate surface area is 145 Å². The van der Waals surface area contributed by atoms with Gasteiger partial charge < -0.3 is 5.32 Å². The summed E-state index contributed by atoms with van der Waals surface area (Å²) in [6, 6.07) is 10.8. The number of hydrogen-bond donors (Lipinski definition) is 2. The van der Waals surface area contributed by atoms with E-state index >= 15 is 0 Å². The average molecular weight is 314 g/mol. The first-order chi connectivity index (χ1) is 9.47. The summed E-state index contributed by atoms with van der Waals surface area (Å²) in [6.45, 7) is 1.38. The van der Waals surface area contributed by atoms with Crippen LogP contribution in [-0.2, 0) is 14.8 Å². The normalized spacial score (nSPS) is 10.3. The number of amides is 1. The van der Waals surface area contributed by atoms with Gasteiger partial charge in [0.15, 0.2) is 0 Å². The second-order valence-electron chi connectivity index (χ2n) is 4.03. The fourth-order valence-corrected chi connectivity index (χ4v) is 2.55. The van der Waals surface area contributed by atoms with E-state index in [0.717, 1.165) is 0 Å². The fourth-order valence-electron chi connectivity index (χ4n) is 1.54. The minimum atomic E-state index is -3.68. The van der Waals surface area contributed by atoms with Gasteiger partial charge in [0.05, 0.1) is 4.90 Å². The first-order valence-electron chi connectivity index (χ1n) is 5.79. The minimum absolute atomic E-state index is 0. The third-order valence-electron chi connectivity index (χ3n) is 2.39. The zero-order valence-electron chi connectivity index (χ0n) is 11.7. The van der Waals surface area contributed by atoms with E-state index in [1.807, 2.05) is 0 Å². The van der Waals surface area contributed by atoms with Crippen molar-refractivity contribution in [1.29, 1.82) is 0 Å². The molecule has 1 aromatic heterocycles. The largest absolute Gasteiger partial charge is 1.00 e. The molecule has 1 amide bonds. The van der Waals surface area contributed by atoms with E-state index in [4.69, 9.17) is 0 Å². The van der Waals surface area contributed by atoms with Crippen LogP contribution in [-0.4, -0.2) is 19.3 Å². The molecule has 0 bridgehead atoms. The van der Waals surface area contributed by atoms with E-state index in [9.17, 15) is 13.2 Å². The van der Waals surface area contributed by atoms with E-state index in [-0.39, 0.29) is 46.2 Å².